The Kier molecular flexibility index (Phi) is 3.56. The average Bonchev–Trinajstić information content (AvgIpc) is 2.87. The van der Waals surface area contributed by atoms with Crippen LogP contribution in [0.25, 0.3) is 11.0 Å². The van der Waals surface area contributed by atoms with Crippen LogP contribution in [0.1, 0.15) is 10.9 Å². The van der Waals surface area contributed by atoms with Gasteiger partial charge in [-0.25, -0.2) is 9.37 Å². The molecule has 3 rings (SSSR count). The van der Waals surface area contributed by atoms with Crippen LogP contribution in [0, 0.1) is 5.82 Å². The van der Waals surface area contributed by atoms with E-state index in [2.05, 4.69) is 15.3 Å². The lowest BCUT2D eigenvalue weighted by Crippen LogP contribution is -2.08. The van der Waals surface area contributed by atoms with E-state index in [0.29, 0.717) is 18.0 Å². The Bertz CT molecular complexity index is 711. The molecule has 0 amide bonds. The number of nitrogens with one attached hydrogen (secondary N) is 2. The molecule has 3 nitrogen and oxygen atoms in total. The van der Waals surface area contributed by atoms with Crippen LogP contribution < -0.4 is 5.32 Å². The molecule has 1 unspecified atom stereocenters. The molecule has 0 aliphatic rings. The number of aromatic nitrogens is 2. The summed E-state index contributed by atoms with van der Waals surface area (Å²) in [6.45, 7) is 0.536. The lowest BCUT2D eigenvalue weighted by atomic mass is 10.1. The van der Waals surface area contributed by atoms with E-state index in [1.807, 2.05) is 30.3 Å². The number of fused-ring (bicyclic) bond motifs is 1. The maximum Gasteiger partial charge on any atom is 0.201 e. The Morgan fingerprint density at radius 1 is 1.20 bits per heavy atom. The number of hydrogen-bond donors (Lipinski definition) is 2. The largest absolute Gasteiger partial charge is 0.354 e. The van der Waals surface area contributed by atoms with Crippen LogP contribution in [0.5, 0.6) is 0 Å². The first kappa shape index (κ1) is 12.9. The van der Waals surface area contributed by atoms with Gasteiger partial charge >= 0.3 is 0 Å². The van der Waals surface area contributed by atoms with Crippen LogP contribution in [0.4, 0.5) is 10.3 Å². The van der Waals surface area contributed by atoms with E-state index >= 15 is 0 Å². The van der Waals surface area contributed by atoms with Crippen LogP contribution in [-0.2, 0) is 0 Å². The minimum absolute atomic E-state index is 0.152. The van der Waals surface area contributed by atoms with Crippen LogP contribution in [0.3, 0.4) is 0 Å². The van der Waals surface area contributed by atoms with Crippen molar-refractivity contribution >= 4 is 28.6 Å². The van der Waals surface area contributed by atoms with Gasteiger partial charge in [-0.15, -0.1) is 11.6 Å². The Balaban J connectivity index is 1.71. The number of H-pyrrole nitrogens is 1. The standard InChI is InChI=1S/C15H13ClFN3/c16-12(10-4-2-1-3-5-10)9-18-15-19-13-7-6-11(17)8-14(13)20-15/h1-8,12H,9H2,(H2,18,19,20). The second-order valence-electron chi connectivity index (χ2n) is 4.51. The van der Waals surface area contributed by atoms with Crippen molar-refractivity contribution in [3.63, 3.8) is 0 Å². The van der Waals surface area contributed by atoms with Crippen molar-refractivity contribution in [2.75, 3.05) is 11.9 Å². The summed E-state index contributed by atoms with van der Waals surface area (Å²) < 4.78 is 13.1. The molecule has 5 heteroatoms. The van der Waals surface area contributed by atoms with Gasteiger partial charge in [0, 0.05) is 6.54 Å². The predicted octanol–water partition coefficient (Wildman–Crippen LogP) is 4.09. The van der Waals surface area contributed by atoms with E-state index in [1.54, 1.807) is 6.07 Å². The van der Waals surface area contributed by atoms with Crippen LogP contribution in [0.15, 0.2) is 48.5 Å². The smallest absolute Gasteiger partial charge is 0.201 e. The number of aromatic amines is 1. The second kappa shape index (κ2) is 5.51. The highest BCUT2D eigenvalue weighted by Crippen LogP contribution is 2.21. The van der Waals surface area contributed by atoms with Gasteiger partial charge in [-0.2, -0.15) is 0 Å². The number of imidazole rings is 1. The molecule has 0 aliphatic heterocycles. The first-order valence-corrected chi connectivity index (χ1v) is 6.74. The molecule has 3 aromatic rings. The molecule has 0 saturated heterocycles. The fraction of sp³-hybridized carbons (Fsp3) is 0.133. The van der Waals surface area contributed by atoms with Crippen molar-refractivity contribution in [2.45, 2.75) is 5.38 Å². The summed E-state index contributed by atoms with van der Waals surface area (Å²) in [6.07, 6.45) is 0. The van der Waals surface area contributed by atoms with Crippen molar-refractivity contribution < 1.29 is 4.39 Å². The zero-order chi connectivity index (χ0) is 13.9. The summed E-state index contributed by atoms with van der Waals surface area (Å²) in [7, 11) is 0. The van der Waals surface area contributed by atoms with Crippen molar-refractivity contribution in [3.8, 4) is 0 Å². The molecule has 0 radical (unpaired) electrons. The zero-order valence-electron chi connectivity index (χ0n) is 10.6. The highest BCUT2D eigenvalue weighted by Gasteiger charge is 2.09. The first-order chi connectivity index (χ1) is 9.72. The average molecular weight is 290 g/mol. The van der Waals surface area contributed by atoms with Crippen molar-refractivity contribution in [2.24, 2.45) is 0 Å². The number of nitrogens with zero attached hydrogens (tertiary/aromatic N) is 1. The van der Waals surface area contributed by atoms with Crippen molar-refractivity contribution in [3.05, 3.63) is 59.9 Å². The zero-order valence-corrected chi connectivity index (χ0v) is 11.4. The molecule has 1 atom stereocenters. The summed E-state index contributed by atoms with van der Waals surface area (Å²) >= 11 is 6.32. The van der Waals surface area contributed by atoms with Crippen molar-refractivity contribution in [1.82, 2.24) is 9.97 Å². The van der Waals surface area contributed by atoms with E-state index in [1.165, 1.54) is 12.1 Å². The Morgan fingerprint density at radius 3 is 2.80 bits per heavy atom. The molecule has 0 saturated carbocycles. The normalized spacial score (nSPS) is 12.5. The predicted molar refractivity (Wildman–Crippen MR) is 79.6 cm³/mol. The van der Waals surface area contributed by atoms with Crippen LogP contribution in [-0.4, -0.2) is 16.5 Å². The molecular formula is C15H13ClFN3. The molecule has 0 bridgehead atoms. The van der Waals surface area contributed by atoms with Gasteiger partial charge in [0.05, 0.1) is 16.4 Å². The van der Waals surface area contributed by atoms with E-state index in [-0.39, 0.29) is 11.2 Å². The SMILES string of the molecule is Fc1ccc2nc(NCC(Cl)c3ccccc3)[nH]c2c1. The molecule has 1 heterocycles. The maximum absolute atomic E-state index is 13.1. The summed E-state index contributed by atoms with van der Waals surface area (Å²) in [5.41, 5.74) is 2.43. The number of alkyl halides is 1. The van der Waals surface area contributed by atoms with Gasteiger partial charge in [0.15, 0.2) is 0 Å². The molecule has 20 heavy (non-hydrogen) atoms. The fourth-order valence-electron chi connectivity index (χ4n) is 2.03. The van der Waals surface area contributed by atoms with Gasteiger partial charge in [0.1, 0.15) is 5.82 Å². The Hall–Kier alpha value is -2.07. The topological polar surface area (TPSA) is 40.7 Å². The lowest BCUT2D eigenvalue weighted by Gasteiger charge is -2.10. The molecule has 102 valence electrons. The lowest BCUT2D eigenvalue weighted by molar-refractivity contribution is 0.629. The van der Waals surface area contributed by atoms with E-state index in [9.17, 15) is 4.39 Å². The second-order valence-corrected chi connectivity index (χ2v) is 5.03. The van der Waals surface area contributed by atoms with Gasteiger partial charge in [-0.05, 0) is 23.8 Å². The molecular weight excluding hydrogens is 277 g/mol. The first-order valence-electron chi connectivity index (χ1n) is 6.30. The third-order valence-corrected chi connectivity index (χ3v) is 3.46. The van der Waals surface area contributed by atoms with Gasteiger partial charge in [0.2, 0.25) is 5.95 Å². The minimum Gasteiger partial charge on any atom is -0.354 e. The maximum atomic E-state index is 13.1. The fourth-order valence-corrected chi connectivity index (χ4v) is 2.25. The van der Waals surface area contributed by atoms with E-state index in [4.69, 9.17) is 11.6 Å². The molecule has 2 N–H and O–H groups in total. The monoisotopic (exact) mass is 289 g/mol. The highest BCUT2D eigenvalue weighted by atomic mass is 35.5. The molecule has 0 fully saturated rings. The van der Waals surface area contributed by atoms with Gasteiger partial charge in [-0.3, -0.25) is 0 Å². The Morgan fingerprint density at radius 2 is 2.00 bits per heavy atom. The molecule has 2 aromatic carbocycles. The van der Waals surface area contributed by atoms with Gasteiger partial charge < -0.3 is 10.3 Å². The van der Waals surface area contributed by atoms with Crippen LogP contribution >= 0.6 is 11.6 Å². The number of benzene rings is 2. The summed E-state index contributed by atoms with van der Waals surface area (Å²) in [6, 6.07) is 14.3. The number of anilines is 1. The minimum atomic E-state index is -0.285. The Labute approximate surface area is 120 Å². The summed E-state index contributed by atoms with van der Waals surface area (Å²) in [5, 5.41) is 2.98. The van der Waals surface area contributed by atoms with E-state index < -0.39 is 0 Å². The third kappa shape index (κ3) is 2.75. The highest BCUT2D eigenvalue weighted by molar-refractivity contribution is 6.21. The van der Waals surface area contributed by atoms with E-state index in [0.717, 1.165) is 11.1 Å². The number of rotatable bonds is 4. The van der Waals surface area contributed by atoms with Gasteiger partial charge in [-0.1, -0.05) is 30.3 Å². The van der Waals surface area contributed by atoms with Gasteiger partial charge in [0.25, 0.3) is 0 Å². The summed E-state index contributed by atoms with van der Waals surface area (Å²) in [5.74, 6) is 0.305. The third-order valence-electron chi connectivity index (χ3n) is 3.05. The quantitative estimate of drug-likeness (QED) is 0.710. The molecule has 0 spiro atoms. The summed E-state index contributed by atoms with van der Waals surface area (Å²) in [4.78, 5) is 7.35. The van der Waals surface area contributed by atoms with Crippen molar-refractivity contribution in [1.29, 1.82) is 0 Å². The van der Waals surface area contributed by atoms with Crippen LogP contribution in [0.2, 0.25) is 0 Å². The number of halogens is 2. The molecule has 0 aliphatic carbocycles. The number of hydrogen-bond acceptors (Lipinski definition) is 2. The molecule has 1 aromatic heterocycles.